The first-order valence-corrected chi connectivity index (χ1v) is 8.50. The number of ether oxygens (including phenoxy) is 2. The molecule has 130 valence electrons. The SMILES string of the molecule is CCOC(=O)C(=C(/O)OCC)/C(N)=N\N=C/c1ccc(SC)cc1. The number of nitrogens with zero attached hydrogens (tertiary/aromatic N) is 2. The van der Waals surface area contributed by atoms with Gasteiger partial charge in [-0.15, -0.1) is 16.9 Å². The maximum Gasteiger partial charge on any atom is 0.349 e. The van der Waals surface area contributed by atoms with Gasteiger partial charge < -0.3 is 20.3 Å². The van der Waals surface area contributed by atoms with Crippen LogP contribution in [-0.4, -0.2) is 42.6 Å². The fourth-order valence-electron chi connectivity index (χ4n) is 1.61. The van der Waals surface area contributed by atoms with E-state index in [1.165, 1.54) is 6.21 Å². The lowest BCUT2D eigenvalue weighted by Crippen LogP contribution is -2.25. The van der Waals surface area contributed by atoms with Gasteiger partial charge in [-0.3, -0.25) is 0 Å². The second kappa shape index (κ2) is 10.3. The van der Waals surface area contributed by atoms with Gasteiger partial charge in [-0.25, -0.2) is 4.79 Å². The normalized spacial score (nSPS) is 12.9. The van der Waals surface area contributed by atoms with Gasteiger partial charge in [0, 0.05) is 4.90 Å². The maximum absolute atomic E-state index is 11.9. The van der Waals surface area contributed by atoms with Crippen LogP contribution in [0.5, 0.6) is 0 Å². The van der Waals surface area contributed by atoms with Crippen molar-refractivity contribution in [2.75, 3.05) is 19.5 Å². The van der Waals surface area contributed by atoms with Gasteiger partial charge in [-0.1, -0.05) is 12.1 Å². The van der Waals surface area contributed by atoms with Gasteiger partial charge in [0.05, 0.1) is 19.4 Å². The van der Waals surface area contributed by atoms with Crippen LogP contribution >= 0.6 is 11.8 Å². The molecule has 3 N–H and O–H groups in total. The first kappa shape index (κ1) is 19.6. The highest BCUT2D eigenvalue weighted by molar-refractivity contribution is 7.98. The first-order chi connectivity index (χ1) is 11.5. The second-order valence-corrected chi connectivity index (χ2v) is 5.22. The molecular weight excluding hydrogens is 330 g/mol. The Kier molecular flexibility index (Phi) is 8.42. The second-order valence-electron chi connectivity index (χ2n) is 4.34. The van der Waals surface area contributed by atoms with Crippen LogP contribution < -0.4 is 5.73 Å². The number of benzene rings is 1. The van der Waals surface area contributed by atoms with Gasteiger partial charge in [-0.2, -0.15) is 5.10 Å². The van der Waals surface area contributed by atoms with Crippen molar-refractivity contribution in [1.82, 2.24) is 0 Å². The number of amidine groups is 1. The third-order valence-electron chi connectivity index (χ3n) is 2.72. The molecule has 1 aromatic carbocycles. The van der Waals surface area contributed by atoms with Crippen molar-refractivity contribution in [3.05, 3.63) is 41.3 Å². The first-order valence-electron chi connectivity index (χ1n) is 7.27. The van der Waals surface area contributed by atoms with E-state index in [0.717, 1.165) is 10.5 Å². The molecule has 1 rings (SSSR count). The zero-order chi connectivity index (χ0) is 17.9. The molecule has 0 saturated heterocycles. The van der Waals surface area contributed by atoms with E-state index < -0.39 is 11.9 Å². The predicted octanol–water partition coefficient (Wildman–Crippen LogP) is 2.47. The minimum absolute atomic E-state index is 0.125. The Hall–Kier alpha value is -2.48. The van der Waals surface area contributed by atoms with Gasteiger partial charge in [0.1, 0.15) is 0 Å². The number of carbonyl (C=O) groups is 1. The molecule has 0 amide bonds. The number of aliphatic hydroxyl groups is 1. The molecular formula is C16H21N3O4S. The molecule has 0 fully saturated rings. The van der Waals surface area contributed by atoms with Crippen LogP contribution in [-0.2, 0) is 14.3 Å². The largest absolute Gasteiger partial charge is 0.480 e. The average molecular weight is 351 g/mol. The highest BCUT2D eigenvalue weighted by Gasteiger charge is 2.22. The molecule has 1 aromatic rings. The molecule has 0 atom stereocenters. The Labute approximate surface area is 145 Å². The summed E-state index contributed by atoms with van der Waals surface area (Å²) in [5, 5.41) is 17.3. The summed E-state index contributed by atoms with van der Waals surface area (Å²) in [4.78, 5) is 13.0. The van der Waals surface area contributed by atoms with Crippen molar-refractivity contribution < 1.29 is 19.4 Å². The van der Waals surface area contributed by atoms with Gasteiger partial charge in [0.15, 0.2) is 11.4 Å². The summed E-state index contributed by atoms with van der Waals surface area (Å²) in [6.07, 6.45) is 3.47. The zero-order valence-corrected chi connectivity index (χ0v) is 14.7. The van der Waals surface area contributed by atoms with Crippen molar-refractivity contribution in [1.29, 1.82) is 0 Å². The van der Waals surface area contributed by atoms with Crippen molar-refractivity contribution in [3.8, 4) is 0 Å². The van der Waals surface area contributed by atoms with E-state index in [4.69, 9.17) is 15.2 Å². The highest BCUT2D eigenvalue weighted by Crippen LogP contribution is 2.14. The van der Waals surface area contributed by atoms with Crippen molar-refractivity contribution in [2.45, 2.75) is 18.7 Å². The number of carbonyl (C=O) groups excluding carboxylic acids is 1. The molecule has 0 bridgehead atoms. The Morgan fingerprint density at radius 2 is 1.88 bits per heavy atom. The van der Waals surface area contributed by atoms with Gasteiger partial charge in [0.25, 0.3) is 5.95 Å². The van der Waals surface area contributed by atoms with Crippen LogP contribution in [0, 0.1) is 0 Å². The lowest BCUT2D eigenvalue weighted by molar-refractivity contribution is -0.138. The number of nitrogens with two attached hydrogens (primary N) is 1. The lowest BCUT2D eigenvalue weighted by atomic mass is 10.2. The van der Waals surface area contributed by atoms with Crippen LogP contribution in [0.4, 0.5) is 0 Å². The summed E-state index contributed by atoms with van der Waals surface area (Å²) in [6, 6.07) is 7.65. The fraction of sp³-hybridized carbons (Fsp3) is 0.312. The van der Waals surface area contributed by atoms with Gasteiger partial charge >= 0.3 is 5.97 Å². The van der Waals surface area contributed by atoms with Crippen LogP contribution in [0.25, 0.3) is 0 Å². The lowest BCUT2D eigenvalue weighted by Gasteiger charge is -2.08. The summed E-state index contributed by atoms with van der Waals surface area (Å²) in [5.41, 5.74) is 6.19. The van der Waals surface area contributed by atoms with Gasteiger partial charge in [-0.05, 0) is 37.8 Å². The maximum atomic E-state index is 11.9. The molecule has 0 aliphatic heterocycles. The van der Waals surface area contributed by atoms with Gasteiger partial charge in [0.2, 0.25) is 0 Å². The van der Waals surface area contributed by atoms with Crippen LogP contribution in [0.3, 0.4) is 0 Å². The summed E-state index contributed by atoms with van der Waals surface area (Å²) in [5.74, 6) is -1.77. The minimum atomic E-state index is -0.829. The summed E-state index contributed by atoms with van der Waals surface area (Å²) in [7, 11) is 0. The van der Waals surface area contributed by atoms with E-state index >= 15 is 0 Å². The predicted molar refractivity (Wildman–Crippen MR) is 95.4 cm³/mol. The number of hydrogen-bond donors (Lipinski definition) is 2. The van der Waals surface area contributed by atoms with Crippen molar-refractivity contribution in [2.24, 2.45) is 15.9 Å². The molecule has 0 radical (unpaired) electrons. The number of hydrogen-bond acceptors (Lipinski definition) is 7. The van der Waals surface area contributed by atoms with Crippen molar-refractivity contribution >= 4 is 29.8 Å². The number of aliphatic hydroxyl groups excluding tert-OH is 1. The average Bonchev–Trinajstić information content (AvgIpc) is 2.56. The fourth-order valence-corrected chi connectivity index (χ4v) is 2.02. The van der Waals surface area contributed by atoms with Crippen molar-refractivity contribution in [3.63, 3.8) is 0 Å². The van der Waals surface area contributed by atoms with E-state index in [-0.39, 0.29) is 24.6 Å². The smallest absolute Gasteiger partial charge is 0.349 e. The van der Waals surface area contributed by atoms with Crippen LogP contribution in [0.15, 0.2) is 50.9 Å². The monoisotopic (exact) mass is 351 g/mol. The molecule has 8 heteroatoms. The topological polar surface area (TPSA) is 106 Å². The Morgan fingerprint density at radius 3 is 2.42 bits per heavy atom. The molecule has 0 unspecified atom stereocenters. The van der Waals surface area contributed by atoms with E-state index in [9.17, 15) is 9.90 Å². The van der Waals surface area contributed by atoms with Crippen LogP contribution in [0.1, 0.15) is 19.4 Å². The van der Waals surface area contributed by atoms with Crippen LogP contribution in [0.2, 0.25) is 0 Å². The molecule has 0 spiro atoms. The molecule has 0 heterocycles. The molecule has 0 aliphatic rings. The summed E-state index contributed by atoms with van der Waals surface area (Å²) >= 11 is 1.63. The highest BCUT2D eigenvalue weighted by atomic mass is 32.2. The minimum Gasteiger partial charge on any atom is -0.480 e. The van der Waals surface area contributed by atoms with E-state index in [0.29, 0.717) is 0 Å². The van der Waals surface area contributed by atoms with E-state index in [2.05, 4.69) is 10.2 Å². The summed E-state index contributed by atoms with van der Waals surface area (Å²) < 4.78 is 9.73. The van der Waals surface area contributed by atoms with E-state index in [1.54, 1.807) is 25.6 Å². The third-order valence-corrected chi connectivity index (χ3v) is 3.46. The number of thioether (sulfide) groups is 1. The summed E-state index contributed by atoms with van der Waals surface area (Å²) in [6.45, 7) is 3.58. The molecule has 0 saturated carbocycles. The Balaban J connectivity index is 2.97. The zero-order valence-electron chi connectivity index (χ0n) is 13.9. The molecule has 0 aromatic heterocycles. The molecule has 0 aliphatic carbocycles. The number of esters is 1. The Bertz CT molecular complexity index is 639. The Morgan fingerprint density at radius 1 is 1.25 bits per heavy atom. The quantitative estimate of drug-likeness (QED) is 0.142. The molecule has 24 heavy (non-hydrogen) atoms. The number of rotatable bonds is 8. The molecule has 7 nitrogen and oxygen atoms in total. The van der Waals surface area contributed by atoms with E-state index in [1.807, 2.05) is 30.5 Å². The third kappa shape index (κ3) is 5.96. The standard InChI is InChI=1S/C16H21N3O4S/c1-4-22-15(20)13(16(21)23-5-2)14(17)19-18-10-11-6-8-12(24-3)9-7-11/h6-10,20H,4-5H2,1-3H3,(H2,17,19)/b15-13-,18-10-.